The summed E-state index contributed by atoms with van der Waals surface area (Å²) in [7, 11) is 0. The van der Waals surface area contributed by atoms with E-state index in [9.17, 15) is 5.11 Å². The van der Waals surface area contributed by atoms with E-state index in [0.29, 0.717) is 10.3 Å². The molecule has 1 aliphatic rings. The van der Waals surface area contributed by atoms with Crippen molar-refractivity contribution in [2.24, 2.45) is 5.92 Å². The van der Waals surface area contributed by atoms with Gasteiger partial charge in [-0.25, -0.2) is 4.98 Å². The molecular formula is C33H34ClNOS. The molecule has 3 aromatic carbocycles. The number of rotatable bonds is 10. The molecule has 0 saturated heterocycles. The Bertz CT molecular complexity index is 1400. The van der Waals surface area contributed by atoms with E-state index in [1.807, 2.05) is 44.2 Å². The molecule has 4 heteroatoms. The van der Waals surface area contributed by atoms with Gasteiger partial charge in [-0.15, -0.1) is 0 Å². The van der Waals surface area contributed by atoms with Crippen LogP contribution in [0.25, 0.3) is 23.1 Å². The van der Waals surface area contributed by atoms with Gasteiger partial charge in [-0.1, -0.05) is 78.3 Å². The molecule has 1 fully saturated rings. The lowest BCUT2D eigenvalue weighted by Gasteiger charge is -2.23. The molecule has 1 aliphatic carbocycles. The molecule has 1 heterocycles. The maximum Gasteiger partial charge on any atom is 0.0843 e. The van der Waals surface area contributed by atoms with Crippen molar-refractivity contribution in [2.75, 3.05) is 5.75 Å². The van der Waals surface area contributed by atoms with Crippen molar-refractivity contribution in [1.29, 1.82) is 0 Å². The highest BCUT2D eigenvalue weighted by Crippen LogP contribution is 2.41. The van der Waals surface area contributed by atoms with Crippen LogP contribution >= 0.6 is 23.4 Å². The third-order valence-corrected chi connectivity index (χ3v) is 8.80. The second-order valence-corrected chi connectivity index (χ2v) is 12.3. The van der Waals surface area contributed by atoms with E-state index in [2.05, 4.69) is 72.4 Å². The van der Waals surface area contributed by atoms with Crippen molar-refractivity contribution in [2.45, 2.75) is 50.4 Å². The highest BCUT2D eigenvalue weighted by atomic mass is 35.5. The number of nitrogens with zero attached hydrogens (tertiary/aromatic N) is 1. The van der Waals surface area contributed by atoms with Crippen LogP contribution in [0, 0.1) is 5.92 Å². The summed E-state index contributed by atoms with van der Waals surface area (Å²) in [5, 5.41) is 12.9. The lowest BCUT2D eigenvalue weighted by Crippen LogP contribution is -2.18. The molecule has 4 aromatic rings. The average Bonchev–Trinajstić information content (AvgIpc) is 3.72. The number of pyridine rings is 1. The summed E-state index contributed by atoms with van der Waals surface area (Å²) >= 11 is 8.26. The molecule has 0 aliphatic heterocycles. The number of halogens is 1. The number of benzene rings is 3. The number of aliphatic hydroxyl groups is 1. The van der Waals surface area contributed by atoms with Gasteiger partial charge in [0, 0.05) is 15.7 Å². The van der Waals surface area contributed by atoms with E-state index < -0.39 is 5.60 Å². The predicted octanol–water partition coefficient (Wildman–Crippen LogP) is 9.10. The minimum absolute atomic E-state index is 0.421. The number of fused-ring (bicyclic) bond motifs is 1. The SMILES string of the molecule is CC(C)(O)c1ccccc1CC[C@@H](SCC1CC1)c1cccc(/C=C/c2ccc3ccc(Cl)cc3n2)c1. The Labute approximate surface area is 229 Å². The minimum atomic E-state index is -0.833. The summed E-state index contributed by atoms with van der Waals surface area (Å²) in [6, 6.07) is 27.2. The van der Waals surface area contributed by atoms with Crippen LogP contribution in [0.2, 0.25) is 5.02 Å². The highest BCUT2D eigenvalue weighted by molar-refractivity contribution is 7.99. The Kier molecular flexibility index (Phi) is 8.04. The third kappa shape index (κ3) is 7.04. The van der Waals surface area contributed by atoms with E-state index in [0.717, 1.165) is 40.9 Å². The van der Waals surface area contributed by atoms with Gasteiger partial charge in [0.05, 0.1) is 16.8 Å². The van der Waals surface area contributed by atoms with Crippen molar-refractivity contribution >= 4 is 46.4 Å². The van der Waals surface area contributed by atoms with Gasteiger partial charge in [-0.2, -0.15) is 11.8 Å². The van der Waals surface area contributed by atoms with Gasteiger partial charge in [0.25, 0.3) is 0 Å². The van der Waals surface area contributed by atoms with Crippen LogP contribution in [0.4, 0.5) is 0 Å². The van der Waals surface area contributed by atoms with Crippen LogP contribution < -0.4 is 0 Å². The molecule has 190 valence electrons. The molecule has 1 N–H and O–H groups in total. The zero-order valence-electron chi connectivity index (χ0n) is 21.5. The second kappa shape index (κ2) is 11.4. The fourth-order valence-corrected chi connectivity index (χ4v) is 6.38. The molecule has 1 atom stereocenters. The monoisotopic (exact) mass is 527 g/mol. The van der Waals surface area contributed by atoms with Crippen LogP contribution in [-0.4, -0.2) is 15.8 Å². The Morgan fingerprint density at radius 1 is 1.00 bits per heavy atom. The van der Waals surface area contributed by atoms with Gasteiger partial charge in [-0.05, 0) is 97.7 Å². The smallest absolute Gasteiger partial charge is 0.0843 e. The van der Waals surface area contributed by atoms with Gasteiger partial charge < -0.3 is 5.11 Å². The number of hydrogen-bond acceptors (Lipinski definition) is 3. The van der Waals surface area contributed by atoms with Gasteiger partial charge >= 0.3 is 0 Å². The summed E-state index contributed by atoms with van der Waals surface area (Å²) in [4.78, 5) is 4.76. The van der Waals surface area contributed by atoms with Crippen LogP contribution in [0.1, 0.15) is 66.3 Å². The molecule has 1 aromatic heterocycles. The summed E-state index contributed by atoms with van der Waals surface area (Å²) in [6.45, 7) is 3.75. The lowest BCUT2D eigenvalue weighted by molar-refractivity contribution is 0.0776. The van der Waals surface area contributed by atoms with Crippen molar-refractivity contribution in [1.82, 2.24) is 4.98 Å². The molecule has 2 nitrogen and oxygen atoms in total. The first-order chi connectivity index (χ1) is 17.8. The van der Waals surface area contributed by atoms with Crippen molar-refractivity contribution in [3.63, 3.8) is 0 Å². The second-order valence-electron chi connectivity index (χ2n) is 10.6. The van der Waals surface area contributed by atoms with Gasteiger partial charge in [0.2, 0.25) is 0 Å². The Morgan fingerprint density at radius 2 is 1.81 bits per heavy atom. The topological polar surface area (TPSA) is 33.1 Å². The number of thioether (sulfide) groups is 1. The molecule has 0 spiro atoms. The van der Waals surface area contributed by atoms with Gasteiger partial charge in [0.1, 0.15) is 0 Å². The maximum absolute atomic E-state index is 10.7. The summed E-state index contributed by atoms with van der Waals surface area (Å²) in [5.41, 5.74) is 5.81. The average molecular weight is 528 g/mol. The van der Waals surface area contributed by atoms with Gasteiger partial charge in [-0.3, -0.25) is 0 Å². The largest absolute Gasteiger partial charge is 0.386 e. The summed E-state index contributed by atoms with van der Waals surface area (Å²) in [6.07, 6.45) is 8.96. The van der Waals surface area contributed by atoms with Crippen molar-refractivity contribution < 1.29 is 5.11 Å². The van der Waals surface area contributed by atoms with E-state index in [4.69, 9.17) is 16.6 Å². The predicted molar refractivity (Wildman–Crippen MR) is 160 cm³/mol. The molecule has 5 rings (SSSR count). The maximum atomic E-state index is 10.7. The van der Waals surface area contributed by atoms with E-state index in [1.54, 1.807) is 0 Å². The summed E-state index contributed by atoms with van der Waals surface area (Å²) in [5.74, 6) is 2.10. The summed E-state index contributed by atoms with van der Waals surface area (Å²) < 4.78 is 0. The number of aryl methyl sites for hydroxylation is 1. The lowest BCUT2D eigenvalue weighted by atomic mass is 9.90. The molecule has 0 amide bonds. The quantitative estimate of drug-likeness (QED) is 0.223. The van der Waals surface area contributed by atoms with E-state index in [-0.39, 0.29) is 0 Å². The molecule has 37 heavy (non-hydrogen) atoms. The molecule has 0 radical (unpaired) electrons. The zero-order valence-corrected chi connectivity index (χ0v) is 23.1. The fraction of sp³-hybridized carbons (Fsp3) is 0.303. The fourth-order valence-electron chi connectivity index (χ4n) is 4.75. The molecule has 0 bridgehead atoms. The van der Waals surface area contributed by atoms with Crippen LogP contribution in [0.5, 0.6) is 0 Å². The van der Waals surface area contributed by atoms with Crippen molar-refractivity contribution in [3.8, 4) is 0 Å². The van der Waals surface area contributed by atoms with E-state index >= 15 is 0 Å². The number of aromatic nitrogens is 1. The molecule has 0 unspecified atom stereocenters. The Morgan fingerprint density at radius 3 is 2.62 bits per heavy atom. The Hall–Kier alpha value is -2.59. The Balaban J connectivity index is 1.34. The first-order valence-corrected chi connectivity index (χ1v) is 14.5. The first-order valence-electron chi connectivity index (χ1n) is 13.1. The normalized spacial score (nSPS) is 14.9. The zero-order chi connectivity index (χ0) is 25.8. The van der Waals surface area contributed by atoms with E-state index in [1.165, 1.54) is 35.3 Å². The van der Waals surface area contributed by atoms with Crippen LogP contribution in [-0.2, 0) is 12.0 Å². The molecule has 1 saturated carbocycles. The van der Waals surface area contributed by atoms with Gasteiger partial charge in [0.15, 0.2) is 0 Å². The highest BCUT2D eigenvalue weighted by Gasteiger charge is 2.25. The first kappa shape index (κ1) is 26.0. The minimum Gasteiger partial charge on any atom is -0.386 e. The third-order valence-electron chi connectivity index (χ3n) is 6.99. The van der Waals surface area contributed by atoms with Crippen molar-refractivity contribution in [3.05, 3.63) is 112 Å². The standard InChI is InChI=1S/C33H34ClNOS/c1-33(2,36)30-9-4-3-7-25(30)15-19-32(37-22-24-10-11-24)27-8-5-6-23(20-27)12-17-29-18-14-26-13-16-28(34)21-31(26)35-29/h3-9,12-14,16-18,20-21,24,32,36H,10-11,15,19,22H2,1-2H3/b17-12+/t32-/m1/s1. The number of hydrogen-bond donors (Lipinski definition) is 1. The van der Waals surface area contributed by atoms with Crippen LogP contribution in [0.3, 0.4) is 0 Å². The van der Waals surface area contributed by atoms with Crippen LogP contribution in [0.15, 0.2) is 78.9 Å². The molecular weight excluding hydrogens is 494 g/mol.